The number of hydrogen-bond donors (Lipinski definition) is 1. The number of carbonyl (C=O) groups is 1. The zero-order valence-electron chi connectivity index (χ0n) is 11.7. The summed E-state index contributed by atoms with van der Waals surface area (Å²) in [6.07, 6.45) is 3.75. The van der Waals surface area contributed by atoms with E-state index < -0.39 is 6.10 Å². The van der Waals surface area contributed by atoms with Gasteiger partial charge in [-0.3, -0.25) is 4.79 Å². The Morgan fingerprint density at radius 1 is 1.50 bits per heavy atom. The molecule has 2 aliphatic heterocycles. The Labute approximate surface area is 128 Å². The van der Waals surface area contributed by atoms with E-state index in [9.17, 15) is 9.90 Å². The number of aliphatic hydroxyl groups excluding tert-OH is 1. The highest BCUT2D eigenvalue weighted by molar-refractivity contribution is 8.00. The predicted molar refractivity (Wildman–Crippen MR) is 84.3 cm³/mol. The Bertz CT molecular complexity index is 486. The van der Waals surface area contributed by atoms with Crippen molar-refractivity contribution in [3.05, 3.63) is 21.9 Å². The van der Waals surface area contributed by atoms with Crippen LogP contribution in [0.1, 0.15) is 41.9 Å². The van der Waals surface area contributed by atoms with Crippen molar-refractivity contribution in [1.29, 1.82) is 0 Å². The smallest absolute Gasteiger partial charge is 0.240 e. The van der Waals surface area contributed by atoms with E-state index in [1.807, 2.05) is 4.90 Å². The minimum absolute atomic E-state index is 0.000798. The molecule has 1 saturated heterocycles. The number of nitrogens with zero attached hydrogens (tertiary/aromatic N) is 1. The van der Waals surface area contributed by atoms with E-state index in [4.69, 9.17) is 0 Å². The second-order valence-electron chi connectivity index (χ2n) is 5.64. The molecule has 0 radical (unpaired) electrons. The number of aryl methyl sites for hydroxylation is 1. The summed E-state index contributed by atoms with van der Waals surface area (Å²) in [7, 11) is 0. The molecule has 20 heavy (non-hydrogen) atoms. The molecular formula is C15H21NO2S2. The number of piperidine rings is 1. The number of rotatable bonds is 2. The van der Waals surface area contributed by atoms with Gasteiger partial charge in [-0.25, -0.2) is 0 Å². The van der Waals surface area contributed by atoms with Gasteiger partial charge in [-0.1, -0.05) is 0 Å². The fourth-order valence-electron chi connectivity index (χ4n) is 3.23. The van der Waals surface area contributed by atoms with Crippen molar-refractivity contribution >= 4 is 29.0 Å². The SMILES string of the molecule is CC(O)C1CCCCN1C(=O)C1SCCc2sccc21. The standard InChI is InChI=1S/C15H21NO2S2/c1-10(17)12-4-2-3-7-16(12)15(18)14-11-5-8-19-13(11)6-9-20-14/h5,8,10,12,14,17H,2-4,6-7,9H2,1H3. The third-order valence-electron chi connectivity index (χ3n) is 4.29. The van der Waals surface area contributed by atoms with Crippen LogP contribution in [0.5, 0.6) is 0 Å². The molecule has 1 aromatic heterocycles. The van der Waals surface area contributed by atoms with Crippen molar-refractivity contribution in [3.8, 4) is 0 Å². The zero-order valence-corrected chi connectivity index (χ0v) is 13.4. The van der Waals surface area contributed by atoms with Gasteiger partial charge in [0.15, 0.2) is 0 Å². The van der Waals surface area contributed by atoms with Crippen LogP contribution in [0.25, 0.3) is 0 Å². The predicted octanol–water partition coefficient (Wildman–Crippen LogP) is 2.84. The Kier molecular flexibility index (Phi) is 4.38. The van der Waals surface area contributed by atoms with Crippen molar-refractivity contribution in [2.45, 2.75) is 50.0 Å². The van der Waals surface area contributed by atoms with Crippen LogP contribution in [0.4, 0.5) is 0 Å². The second kappa shape index (κ2) is 6.08. The van der Waals surface area contributed by atoms with E-state index in [2.05, 4.69) is 11.4 Å². The highest BCUT2D eigenvalue weighted by Gasteiger charge is 2.36. The third kappa shape index (κ3) is 2.63. The first-order valence-corrected chi connectivity index (χ1v) is 9.27. The molecule has 1 N–H and O–H groups in total. The molecule has 0 spiro atoms. The normalized spacial score (nSPS) is 28.0. The first-order chi connectivity index (χ1) is 9.68. The van der Waals surface area contributed by atoms with Crippen LogP contribution in [0.2, 0.25) is 0 Å². The lowest BCUT2D eigenvalue weighted by molar-refractivity contribution is -0.137. The van der Waals surface area contributed by atoms with Crippen molar-refractivity contribution in [3.63, 3.8) is 0 Å². The van der Waals surface area contributed by atoms with Crippen LogP contribution < -0.4 is 0 Å². The summed E-state index contributed by atoms with van der Waals surface area (Å²) >= 11 is 3.53. The lowest BCUT2D eigenvalue weighted by atomic mass is 9.97. The van der Waals surface area contributed by atoms with Crippen molar-refractivity contribution < 1.29 is 9.90 Å². The van der Waals surface area contributed by atoms with Crippen molar-refractivity contribution in [1.82, 2.24) is 4.90 Å². The number of amides is 1. The zero-order chi connectivity index (χ0) is 14.1. The fourth-order valence-corrected chi connectivity index (χ4v) is 5.59. The number of carbonyl (C=O) groups excluding carboxylic acids is 1. The maximum atomic E-state index is 12.9. The van der Waals surface area contributed by atoms with Gasteiger partial charge < -0.3 is 10.0 Å². The van der Waals surface area contributed by atoms with Crippen molar-refractivity contribution in [2.75, 3.05) is 12.3 Å². The van der Waals surface area contributed by atoms with Gasteiger partial charge in [0, 0.05) is 11.4 Å². The maximum Gasteiger partial charge on any atom is 0.240 e. The van der Waals surface area contributed by atoms with Gasteiger partial charge in [0.2, 0.25) is 5.91 Å². The van der Waals surface area contributed by atoms with E-state index in [0.29, 0.717) is 0 Å². The van der Waals surface area contributed by atoms with Crippen LogP contribution in [-0.2, 0) is 11.2 Å². The summed E-state index contributed by atoms with van der Waals surface area (Å²) in [5, 5.41) is 12.0. The number of aliphatic hydroxyl groups is 1. The molecule has 0 saturated carbocycles. The fraction of sp³-hybridized carbons (Fsp3) is 0.667. The topological polar surface area (TPSA) is 40.5 Å². The molecule has 5 heteroatoms. The number of thiophene rings is 1. The van der Waals surface area contributed by atoms with Gasteiger partial charge in [0.05, 0.1) is 12.1 Å². The number of hydrogen-bond acceptors (Lipinski definition) is 4. The molecule has 0 aliphatic carbocycles. The van der Waals surface area contributed by atoms with Gasteiger partial charge >= 0.3 is 0 Å². The van der Waals surface area contributed by atoms with Crippen LogP contribution in [0.15, 0.2) is 11.4 Å². The molecule has 3 atom stereocenters. The number of thioether (sulfide) groups is 1. The highest BCUT2D eigenvalue weighted by atomic mass is 32.2. The molecule has 0 aromatic carbocycles. The van der Waals surface area contributed by atoms with Crippen LogP contribution in [0.3, 0.4) is 0 Å². The third-order valence-corrected chi connectivity index (χ3v) is 6.51. The largest absolute Gasteiger partial charge is 0.391 e. The second-order valence-corrected chi connectivity index (χ2v) is 7.85. The average Bonchev–Trinajstić information content (AvgIpc) is 2.94. The lowest BCUT2D eigenvalue weighted by Crippen LogP contribution is -2.50. The molecule has 3 nitrogen and oxygen atoms in total. The molecule has 2 aliphatic rings. The van der Waals surface area contributed by atoms with Gasteiger partial charge in [-0.15, -0.1) is 23.1 Å². The van der Waals surface area contributed by atoms with Crippen LogP contribution in [-0.4, -0.2) is 40.4 Å². The molecule has 3 rings (SSSR count). The Morgan fingerprint density at radius 2 is 2.35 bits per heavy atom. The average molecular weight is 311 g/mol. The summed E-state index contributed by atoms with van der Waals surface area (Å²) in [4.78, 5) is 16.2. The molecule has 110 valence electrons. The summed E-state index contributed by atoms with van der Waals surface area (Å²) < 4.78 is 0. The summed E-state index contributed by atoms with van der Waals surface area (Å²) in [6, 6.07) is 2.11. The minimum Gasteiger partial charge on any atom is -0.391 e. The Morgan fingerprint density at radius 3 is 3.15 bits per heavy atom. The number of fused-ring (bicyclic) bond motifs is 1. The van der Waals surface area contributed by atoms with Gasteiger partial charge in [0.25, 0.3) is 0 Å². The number of likely N-dealkylation sites (tertiary alicyclic amines) is 1. The van der Waals surface area contributed by atoms with Gasteiger partial charge in [-0.2, -0.15) is 0 Å². The van der Waals surface area contributed by atoms with E-state index in [1.165, 1.54) is 10.4 Å². The van der Waals surface area contributed by atoms with E-state index in [0.717, 1.165) is 38.0 Å². The maximum absolute atomic E-state index is 12.9. The van der Waals surface area contributed by atoms with E-state index in [1.54, 1.807) is 30.0 Å². The van der Waals surface area contributed by atoms with Gasteiger partial charge in [-0.05, 0) is 55.4 Å². The summed E-state index contributed by atoms with van der Waals surface area (Å²) in [6.45, 7) is 2.60. The molecular weight excluding hydrogens is 290 g/mol. The highest BCUT2D eigenvalue weighted by Crippen LogP contribution is 2.41. The van der Waals surface area contributed by atoms with E-state index >= 15 is 0 Å². The van der Waals surface area contributed by atoms with Crippen LogP contribution >= 0.6 is 23.1 Å². The van der Waals surface area contributed by atoms with Crippen LogP contribution in [0, 0.1) is 0 Å². The summed E-state index contributed by atoms with van der Waals surface area (Å²) in [5.41, 5.74) is 1.21. The molecule has 1 aromatic rings. The lowest BCUT2D eigenvalue weighted by Gasteiger charge is -2.39. The molecule has 3 heterocycles. The monoisotopic (exact) mass is 311 g/mol. The Hall–Kier alpha value is -0.520. The Balaban J connectivity index is 1.82. The minimum atomic E-state index is -0.435. The molecule has 1 amide bonds. The first kappa shape index (κ1) is 14.4. The summed E-state index contributed by atoms with van der Waals surface area (Å²) in [5.74, 6) is 1.23. The molecule has 3 unspecified atom stereocenters. The molecule has 1 fully saturated rings. The van der Waals surface area contributed by atoms with Crippen molar-refractivity contribution in [2.24, 2.45) is 0 Å². The molecule has 0 bridgehead atoms. The first-order valence-electron chi connectivity index (χ1n) is 7.35. The quantitative estimate of drug-likeness (QED) is 0.913. The van der Waals surface area contributed by atoms with Gasteiger partial charge in [0.1, 0.15) is 5.25 Å². The van der Waals surface area contributed by atoms with E-state index in [-0.39, 0.29) is 17.2 Å².